The van der Waals surface area contributed by atoms with E-state index in [-0.39, 0.29) is 19.0 Å². The molecule has 1 aromatic heterocycles. The molecule has 0 aliphatic heterocycles. The summed E-state index contributed by atoms with van der Waals surface area (Å²) in [6.07, 6.45) is 1.44. The van der Waals surface area contributed by atoms with Crippen molar-refractivity contribution in [3.8, 4) is 5.88 Å². The highest BCUT2D eigenvalue weighted by atomic mass is 16.5. The van der Waals surface area contributed by atoms with Crippen molar-refractivity contribution < 1.29 is 28.9 Å². The van der Waals surface area contributed by atoms with Crippen LogP contribution < -0.4 is 4.74 Å². The van der Waals surface area contributed by atoms with Crippen molar-refractivity contribution in [3.63, 3.8) is 0 Å². The van der Waals surface area contributed by atoms with Crippen LogP contribution in [-0.2, 0) is 14.3 Å². The number of carbonyl (C=O) groups excluding carboxylic acids is 1. The largest absolute Gasteiger partial charge is 0.480 e. The van der Waals surface area contributed by atoms with Crippen molar-refractivity contribution in [1.82, 2.24) is 9.88 Å². The van der Waals surface area contributed by atoms with Gasteiger partial charge < -0.3 is 24.2 Å². The Kier molecular flexibility index (Phi) is 7.87. The lowest BCUT2D eigenvalue weighted by Gasteiger charge is -2.20. The molecule has 0 spiro atoms. The van der Waals surface area contributed by atoms with Gasteiger partial charge in [-0.1, -0.05) is 0 Å². The lowest BCUT2D eigenvalue weighted by Crippen LogP contribution is -2.38. The lowest BCUT2D eigenvalue weighted by molar-refractivity contribution is -0.137. The van der Waals surface area contributed by atoms with Gasteiger partial charge in [-0.2, -0.15) is 0 Å². The second-order valence-electron chi connectivity index (χ2n) is 4.34. The van der Waals surface area contributed by atoms with Gasteiger partial charge in [0.1, 0.15) is 13.2 Å². The van der Waals surface area contributed by atoms with E-state index >= 15 is 0 Å². The second-order valence-corrected chi connectivity index (χ2v) is 4.34. The molecule has 1 rings (SSSR count). The number of carboxylic acids is 1. The smallest absolute Gasteiger partial charge is 0.323 e. The molecule has 0 saturated heterocycles. The number of carboxylic acid groups (broad SMARTS) is 1. The van der Waals surface area contributed by atoms with Gasteiger partial charge in [0.2, 0.25) is 5.88 Å². The summed E-state index contributed by atoms with van der Waals surface area (Å²) in [6.45, 7) is 0.748. The van der Waals surface area contributed by atoms with Crippen LogP contribution in [-0.4, -0.2) is 74.0 Å². The van der Waals surface area contributed by atoms with Crippen LogP contribution in [0.5, 0.6) is 5.88 Å². The number of rotatable bonds is 10. The van der Waals surface area contributed by atoms with E-state index in [9.17, 15) is 9.59 Å². The molecule has 22 heavy (non-hydrogen) atoms. The van der Waals surface area contributed by atoms with Crippen LogP contribution >= 0.6 is 0 Å². The highest BCUT2D eigenvalue weighted by Crippen LogP contribution is 2.12. The zero-order valence-corrected chi connectivity index (χ0v) is 12.7. The molecular formula is C14H20N2O6. The topological polar surface area (TPSA) is 98.2 Å². The third kappa shape index (κ3) is 6.06. The van der Waals surface area contributed by atoms with Crippen molar-refractivity contribution in [2.45, 2.75) is 0 Å². The van der Waals surface area contributed by atoms with Gasteiger partial charge in [0.15, 0.2) is 0 Å². The van der Waals surface area contributed by atoms with Gasteiger partial charge in [-0.25, -0.2) is 4.98 Å². The number of aliphatic carboxylic acids is 1. The fraction of sp³-hybridized carbons (Fsp3) is 0.500. The fourth-order valence-electron chi connectivity index (χ4n) is 1.65. The van der Waals surface area contributed by atoms with E-state index in [4.69, 9.17) is 19.3 Å². The molecule has 0 aromatic carbocycles. The Morgan fingerprint density at radius 2 is 1.95 bits per heavy atom. The predicted molar refractivity (Wildman–Crippen MR) is 77.0 cm³/mol. The van der Waals surface area contributed by atoms with Crippen LogP contribution in [0.1, 0.15) is 10.4 Å². The van der Waals surface area contributed by atoms with Gasteiger partial charge in [0, 0.05) is 38.6 Å². The Morgan fingerprint density at radius 1 is 1.23 bits per heavy atom. The molecule has 0 atom stereocenters. The van der Waals surface area contributed by atoms with Gasteiger partial charge in [-0.15, -0.1) is 0 Å². The number of nitrogens with zero attached hydrogens (tertiary/aromatic N) is 2. The maximum atomic E-state index is 12.4. The van der Waals surface area contributed by atoms with Crippen molar-refractivity contribution in [1.29, 1.82) is 0 Å². The first-order valence-corrected chi connectivity index (χ1v) is 6.66. The molecule has 8 heteroatoms. The van der Waals surface area contributed by atoms with Crippen LogP contribution in [0.3, 0.4) is 0 Å². The van der Waals surface area contributed by atoms with Crippen LogP contribution in [0, 0.1) is 0 Å². The van der Waals surface area contributed by atoms with Crippen molar-refractivity contribution in [2.75, 3.05) is 47.1 Å². The van der Waals surface area contributed by atoms with Crippen molar-refractivity contribution >= 4 is 11.9 Å². The molecule has 8 nitrogen and oxygen atoms in total. The van der Waals surface area contributed by atoms with Gasteiger partial charge in [-0.3, -0.25) is 9.59 Å². The highest BCUT2D eigenvalue weighted by molar-refractivity contribution is 5.96. The lowest BCUT2D eigenvalue weighted by atomic mass is 10.2. The Labute approximate surface area is 128 Å². The summed E-state index contributed by atoms with van der Waals surface area (Å²) in [5.74, 6) is -1.22. The van der Waals surface area contributed by atoms with Crippen LogP contribution in [0.2, 0.25) is 0 Å². The number of hydrogen-bond donors (Lipinski definition) is 1. The molecular weight excluding hydrogens is 292 g/mol. The van der Waals surface area contributed by atoms with Crippen molar-refractivity contribution in [2.24, 2.45) is 0 Å². The monoisotopic (exact) mass is 312 g/mol. The third-order valence-corrected chi connectivity index (χ3v) is 2.70. The first kappa shape index (κ1) is 17.9. The standard InChI is InChI=1S/C14H20N2O6/c1-20-6-5-16(10-13(17)18)14(19)11-3-4-15-12(9-11)22-8-7-21-2/h3-4,9H,5-8,10H2,1-2H3,(H,17,18). The normalized spacial score (nSPS) is 10.3. The van der Waals surface area contributed by atoms with Crippen LogP contribution in [0.4, 0.5) is 0 Å². The van der Waals surface area contributed by atoms with E-state index in [1.165, 1.54) is 30.3 Å². The number of carbonyl (C=O) groups is 2. The summed E-state index contributed by atoms with van der Waals surface area (Å²) in [5, 5.41) is 8.89. The highest BCUT2D eigenvalue weighted by Gasteiger charge is 2.19. The minimum absolute atomic E-state index is 0.184. The van der Waals surface area contributed by atoms with E-state index < -0.39 is 18.4 Å². The average molecular weight is 312 g/mol. The number of amides is 1. The molecule has 0 aliphatic rings. The molecule has 0 saturated carbocycles. The van der Waals surface area contributed by atoms with Crippen LogP contribution in [0.15, 0.2) is 18.3 Å². The summed E-state index contributed by atoms with van der Waals surface area (Å²) in [5.41, 5.74) is 0.305. The maximum Gasteiger partial charge on any atom is 0.323 e. The number of pyridine rings is 1. The van der Waals surface area contributed by atoms with Crippen LogP contribution in [0.25, 0.3) is 0 Å². The Bertz CT molecular complexity index is 494. The van der Waals surface area contributed by atoms with Gasteiger partial charge in [0.05, 0.1) is 13.2 Å². The fourth-order valence-corrected chi connectivity index (χ4v) is 1.65. The number of hydrogen-bond acceptors (Lipinski definition) is 6. The predicted octanol–water partition coefficient (Wildman–Crippen LogP) is 0.280. The maximum absolute atomic E-state index is 12.4. The van der Waals surface area contributed by atoms with E-state index in [0.29, 0.717) is 18.8 Å². The number of methoxy groups -OCH3 is 2. The average Bonchev–Trinajstić information content (AvgIpc) is 2.51. The second kappa shape index (κ2) is 9.69. The SMILES string of the molecule is COCCOc1cc(C(=O)N(CCOC)CC(=O)O)ccn1. The van der Waals surface area contributed by atoms with Gasteiger partial charge >= 0.3 is 5.97 Å². The summed E-state index contributed by atoms with van der Waals surface area (Å²) in [7, 11) is 3.04. The Hall–Kier alpha value is -2.19. The molecule has 0 aliphatic carbocycles. The molecule has 1 heterocycles. The molecule has 0 bridgehead atoms. The summed E-state index contributed by atoms with van der Waals surface area (Å²) >= 11 is 0. The summed E-state index contributed by atoms with van der Waals surface area (Å²) < 4.78 is 15.1. The number of aromatic nitrogens is 1. The van der Waals surface area contributed by atoms with E-state index in [0.717, 1.165) is 0 Å². The summed E-state index contributed by atoms with van der Waals surface area (Å²) in [6, 6.07) is 2.98. The molecule has 0 radical (unpaired) electrons. The quantitative estimate of drug-likeness (QED) is 0.620. The minimum Gasteiger partial charge on any atom is -0.480 e. The molecule has 0 fully saturated rings. The first-order valence-electron chi connectivity index (χ1n) is 6.66. The van der Waals surface area contributed by atoms with E-state index in [2.05, 4.69) is 4.98 Å². The molecule has 0 unspecified atom stereocenters. The molecule has 1 amide bonds. The number of ether oxygens (including phenoxy) is 3. The summed E-state index contributed by atoms with van der Waals surface area (Å²) in [4.78, 5) is 28.4. The van der Waals surface area contributed by atoms with E-state index in [1.807, 2.05) is 0 Å². The molecule has 1 N–H and O–H groups in total. The minimum atomic E-state index is -1.09. The zero-order valence-electron chi connectivity index (χ0n) is 12.7. The van der Waals surface area contributed by atoms with Crippen molar-refractivity contribution in [3.05, 3.63) is 23.9 Å². The zero-order chi connectivity index (χ0) is 16.4. The Morgan fingerprint density at radius 3 is 2.59 bits per heavy atom. The van der Waals surface area contributed by atoms with Gasteiger partial charge in [0.25, 0.3) is 5.91 Å². The molecule has 1 aromatic rings. The molecule has 122 valence electrons. The van der Waals surface area contributed by atoms with E-state index in [1.54, 1.807) is 7.11 Å². The van der Waals surface area contributed by atoms with Gasteiger partial charge in [-0.05, 0) is 6.07 Å². The Balaban J connectivity index is 2.79. The third-order valence-electron chi connectivity index (χ3n) is 2.70. The first-order chi connectivity index (χ1) is 10.6.